The minimum atomic E-state index is -0.557. The zero-order valence-corrected chi connectivity index (χ0v) is 17.7. The number of nitrogens with one attached hydrogen (secondary N) is 1. The Morgan fingerprint density at radius 3 is 2.53 bits per heavy atom. The van der Waals surface area contributed by atoms with Crippen molar-refractivity contribution in [3.63, 3.8) is 0 Å². The monoisotopic (exact) mass is 422 g/mol. The summed E-state index contributed by atoms with van der Waals surface area (Å²) in [7, 11) is 3.03. The molecule has 0 aromatic heterocycles. The fourth-order valence-electron chi connectivity index (χ4n) is 4.18. The molecule has 2 saturated heterocycles. The van der Waals surface area contributed by atoms with Gasteiger partial charge in [-0.3, -0.25) is 9.59 Å². The summed E-state index contributed by atoms with van der Waals surface area (Å²) in [6.07, 6.45) is 3.43. The van der Waals surface area contributed by atoms with E-state index in [0.717, 1.165) is 12.8 Å². The lowest BCUT2D eigenvalue weighted by molar-refractivity contribution is -0.130. The lowest BCUT2D eigenvalue weighted by Crippen LogP contribution is -2.58. The van der Waals surface area contributed by atoms with Crippen molar-refractivity contribution in [3.05, 3.63) is 29.6 Å². The molecule has 0 atom stereocenters. The topological polar surface area (TPSA) is 77.1 Å². The highest BCUT2D eigenvalue weighted by Crippen LogP contribution is 2.29. The van der Waals surface area contributed by atoms with Crippen LogP contribution in [0.4, 0.5) is 4.39 Å². The molecule has 2 aliphatic rings. The predicted molar refractivity (Wildman–Crippen MR) is 109 cm³/mol. The Balaban J connectivity index is 1.64. The number of halogens is 1. The lowest BCUT2D eigenvalue weighted by atomic mass is 9.83. The smallest absolute Gasteiger partial charge is 0.253 e. The highest BCUT2D eigenvalue weighted by atomic mass is 19.1. The third kappa shape index (κ3) is 5.29. The van der Waals surface area contributed by atoms with Gasteiger partial charge in [-0.15, -0.1) is 0 Å². The summed E-state index contributed by atoms with van der Waals surface area (Å²) in [5.74, 6) is -0.628. The summed E-state index contributed by atoms with van der Waals surface area (Å²) in [5, 5.41) is 3.27. The molecular weight excluding hydrogens is 391 g/mol. The van der Waals surface area contributed by atoms with Gasteiger partial charge in [-0.2, -0.15) is 0 Å². The maximum absolute atomic E-state index is 14.0. The van der Waals surface area contributed by atoms with Crippen LogP contribution < -0.4 is 10.1 Å². The Bertz CT molecular complexity index is 743. The molecular formula is C22H31FN2O5. The van der Waals surface area contributed by atoms with E-state index in [4.69, 9.17) is 14.2 Å². The van der Waals surface area contributed by atoms with Crippen LogP contribution in [-0.2, 0) is 14.3 Å². The average molecular weight is 422 g/mol. The number of amides is 2. The van der Waals surface area contributed by atoms with Crippen LogP contribution in [0.3, 0.4) is 0 Å². The van der Waals surface area contributed by atoms with Crippen LogP contribution in [0.5, 0.6) is 5.75 Å². The first-order valence-electron chi connectivity index (χ1n) is 10.5. The highest BCUT2D eigenvalue weighted by Gasteiger charge is 2.38. The number of hydrogen-bond donors (Lipinski definition) is 1. The standard InChI is InChI=1S/C22H31FN2O5/c1-28-14-9-22(24-20(26)16-5-12-30-13-6-16)7-10-25(11-8-22)21(27)17-3-4-19(29-2)18(23)15-17/h3-4,15-16H,5-14H2,1-2H3,(H,24,26). The minimum Gasteiger partial charge on any atom is -0.494 e. The molecule has 0 spiro atoms. The predicted octanol–water partition coefficient (Wildman–Crippen LogP) is 2.39. The highest BCUT2D eigenvalue weighted by molar-refractivity contribution is 5.94. The first kappa shape index (κ1) is 22.5. The van der Waals surface area contributed by atoms with Crippen LogP contribution in [-0.4, -0.2) is 69.4 Å². The Morgan fingerprint density at radius 1 is 1.23 bits per heavy atom. The third-order valence-electron chi connectivity index (χ3n) is 6.17. The molecule has 0 radical (unpaired) electrons. The summed E-state index contributed by atoms with van der Waals surface area (Å²) in [6, 6.07) is 4.24. The van der Waals surface area contributed by atoms with Crippen LogP contribution in [0, 0.1) is 11.7 Å². The molecule has 7 nitrogen and oxygen atoms in total. The van der Waals surface area contributed by atoms with E-state index in [2.05, 4.69) is 5.32 Å². The van der Waals surface area contributed by atoms with E-state index in [1.165, 1.54) is 19.2 Å². The van der Waals surface area contributed by atoms with Crippen LogP contribution in [0.15, 0.2) is 18.2 Å². The van der Waals surface area contributed by atoms with Gasteiger partial charge in [0.2, 0.25) is 5.91 Å². The van der Waals surface area contributed by atoms with Gasteiger partial charge in [0.15, 0.2) is 11.6 Å². The second kappa shape index (κ2) is 10.2. The van der Waals surface area contributed by atoms with Crippen LogP contribution in [0.25, 0.3) is 0 Å². The minimum absolute atomic E-state index is 0.0277. The van der Waals surface area contributed by atoms with Crippen molar-refractivity contribution in [3.8, 4) is 5.75 Å². The number of piperidine rings is 1. The van der Waals surface area contributed by atoms with Crippen molar-refractivity contribution in [2.45, 2.75) is 37.6 Å². The first-order chi connectivity index (χ1) is 14.5. The van der Waals surface area contributed by atoms with Gasteiger partial charge in [0.05, 0.1) is 7.11 Å². The van der Waals surface area contributed by atoms with E-state index >= 15 is 0 Å². The number of likely N-dealkylation sites (tertiary alicyclic amines) is 1. The van der Waals surface area contributed by atoms with E-state index in [1.807, 2.05) is 0 Å². The number of nitrogens with zero attached hydrogens (tertiary/aromatic N) is 1. The molecule has 0 aliphatic carbocycles. The number of carbonyl (C=O) groups excluding carboxylic acids is 2. The number of methoxy groups -OCH3 is 2. The van der Waals surface area contributed by atoms with E-state index in [1.54, 1.807) is 18.1 Å². The molecule has 1 aromatic rings. The Labute approximate surface area is 176 Å². The van der Waals surface area contributed by atoms with Gasteiger partial charge in [-0.05, 0) is 50.3 Å². The van der Waals surface area contributed by atoms with Crippen LogP contribution in [0.1, 0.15) is 42.5 Å². The number of hydrogen-bond acceptors (Lipinski definition) is 5. The SMILES string of the molecule is COCCC1(NC(=O)C2CCOCC2)CCN(C(=O)c2ccc(OC)c(F)c2)CC1. The summed E-state index contributed by atoms with van der Waals surface area (Å²) in [6.45, 7) is 2.74. The number of benzene rings is 1. The van der Waals surface area contributed by atoms with Crippen LogP contribution >= 0.6 is 0 Å². The second-order valence-electron chi connectivity index (χ2n) is 8.04. The van der Waals surface area contributed by atoms with Crippen LogP contribution in [0.2, 0.25) is 0 Å². The molecule has 2 amide bonds. The molecule has 1 N–H and O–H groups in total. The van der Waals surface area contributed by atoms with E-state index in [0.29, 0.717) is 57.7 Å². The molecule has 0 saturated carbocycles. The van der Waals surface area contributed by atoms with Gasteiger partial charge >= 0.3 is 0 Å². The van der Waals surface area contributed by atoms with Gasteiger partial charge in [-0.1, -0.05) is 0 Å². The van der Waals surface area contributed by atoms with Crippen molar-refractivity contribution < 1.29 is 28.2 Å². The molecule has 1 aromatic carbocycles. The lowest BCUT2D eigenvalue weighted by Gasteiger charge is -2.43. The summed E-state index contributed by atoms with van der Waals surface area (Å²) < 4.78 is 29.5. The Kier molecular flexibility index (Phi) is 7.66. The molecule has 3 rings (SSSR count). The maximum atomic E-state index is 14.0. The normalized spacial score (nSPS) is 19.4. The van der Waals surface area contributed by atoms with Gasteiger partial charge in [0.25, 0.3) is 5.91 Å². The summed E-state index contributed by atoms with van der Waals surface area (Å²) in [4.78, 5) is 27.4. The van der Waals surface area contributed by atoms with Crippen molar-refractivity contribution >= 4 is 11.8 Å². The first-order valence-corrected chi connectivity index (χ1v) is 10.5. The molecule has 0 unspecified atom stereocenters. The van der Waals surface area contributed by atoms with E-state index in [9.17, 15) is 14.0 Å². The number of ether oxygens (including phenoxy) is 3. The van der Waals surface area contributed by atoms with Crippen molar-refractivity contribution in [2.75, 3.05) is 47.1 Å². The van der Waals surface area contributed by atoms with Gasteiger partial charge < -0.3 is 24.4 Å². The summed E-state index contributed by atoms with van der Waals surface area (Å²) in [5.41, 5.74) is -0.100. The van der Waals surface area contributed by atoms with E-state index < -0.39 is 11.4 Å². The molecule has 30 heavy (non-hydrogen) atoms. The largest absolute Gasteiger partial charge is 0.494 e. The maximum Gasteiger partial charge on any atom is 0.253 e. The van der Waals surface area contributed by atoms with Crippen molar-refractivity contribution in [2.24, 2.45) is 5.92 Å². The molecule has 8 heteroatoms. The van der Waals surface area contributed by atoms with Crippen molar-refractivity contribution in [1.29, 1.82) is 0 Å². The molecule has 0 bridgehead atoms. The Hall–Kier alpha value is -2.19. The Morgan fingerprint density at radius 2 is 1.93 bits per heavy atom. The van der Waals surface area contributed by atoms with Gasteiger partial charge in [0, 0.05) is 57.0 Å². The van der Waals surface area contributed by atoms with Gasteiger partial charge in [-0.25, -0.2) is 4.39 Å². The molecule has 166 valence electrons. The number of rotatable bonds is 7. The third-order valence-corrected chi connectivity index (χ3v) is 6.17. The van der Waals surface area contributed by atoms with E-state index in [-0.39, 0.29) is 23.5 Å². The fourth-order valence-corrected chi connectivity index (χ4v) is 4.18. The number of carbonyl (C=O) groups is 2. The van der Waals surface area contributed by atoms with Crippen molar-refractivity contribution in [1.82, 2.24) is 10.2 Å². The average Bonchev–Trinajstić information content (AvgIpc) is 2.78. The zero-order chi connectivity index (χ0) is 21.6. The zero-order valence-electron chi connectivity index (χ0n) is 17.7. The fraction of sp³-hybridized carbons (Fsp3) is 0.636. The quantitative estimate of drug-likeness (QED) is 0.730. The summed E-state index contributed by atoms with van der Waals surface area (Å²) >= 11 is 0. The molecule has 2 aliphatic heterocycles. The van der Waals surface area contributed by atoms with Gasteiger partial charge in [0.1, 0.15) is 0 Å². The molecule has 2 heterocycles. The molecule has 2 fully saturated rings. The second-order valence-corrected chi connectivity index (χ2v) is 8.04.